The third-order valence-corrected chi connectivity index (χ3v) is 4.67. The molecule has 2 aliphatic rings. The van der Waals surface area contributed by atoms with Gasteiger partial charge in [0.1, 0.15) is 0 Å². The van der Waals surface area contributed by atoms with Crippen LogP contribution in [-0.2, 0) is 6.54 Å². The summed E-state index contributed by atoms with van der Waals surface area (Å²) in [7, 11) is 0. The van der Waals surface area contributed by atoms with Gasteiger partial charge in [0.15, 0.2) is 5.82 Å². The van der Waals surface area contributed by atoms with Gasteiger partial charge >= 0.3 is 0 Å². The third kappa shape index (κ3) is 2.31. The van der Waals surface area contributed by atoms with E-state index in [4.69, 9.17) is 0 Å². The number of nitriles is 1. The van der Waals surface area contributed by atoms with Crippen LogP contribution in [0.15, 0.2) is 36.0 Å². The van der Waals surface area contributed by atoms with E-state index in [0.29, 0.717) is 11.3 Å². The van der Waals surface area contributed by atoms with E-state index in [0.717, 1.165) is 52.3 Å². The zero-order valence-electron chi connectivity index (χ0n) is 13.6. The third-order valence-electron chi connectivity index (χ3n) is 4.67. The molecule has 0 fully saturated rings. The molecule has 0 atom stereocenters. The second kappa shape index (κ2) is 5.64. The first kappa shape index (κ1) is 14.7. The minimum atomic E-state index is 0.219. The van der Waals surface area contributed by atoms with Crippen molar-refractivity contribution in [2.24, 2.45) is 0 Å². The first-order valence-corrected chi connectivity index (χ1v) is 8.28. The van der Waals surface area contributed by atoms with Crippen LogP contribution in [0.2, 0.25) is 0 Å². The van der Waals surface area contributed by atoms with Gasteiger partial charge < -0.3 is 5.21 Å². The molecule has 2 heterocycles. The molecule has 0 radical (unpaired) electrons. The molecule has 0 N–H and O–H groups in total. The summed E-state index contributed by atoms with van der Waals surface area (Å²) in [6, 6.07) is 7.73. The lowest BCUT2D eigenvalue weighted by Gasteiger charge is -2.16. The van der Waals surface area contributed by atoms with Crippen LogP contribution < -0.4 is 0 Å². The first-order valence-electron chi connectivity index (χ1n) is 8.28. The smallest absolute Gasteiger partial charge is 0.223 e. The van der Waals surface area contributed by atoms with E-state index in [2.05, 4.69) is 17.1 Å². The molecule has 4 rings (SSSR count). The van der Waals surface area contributed by atoms with Crippen LogP contribution in [0.25, 0.3) is 5.69 Å². The summed E-state index contributed by atoms with van der Waals surface area (Å²) in [6.07, 6.45) is 8.30. The number of benzene rings is 1. The van der Waals surface area contributed by atoms with Crippen molar-refractivity contribution in [3.63, 3.8) is 0 Å². The van der Waals surface area contributed by atoms with Gasteiger partial charge in [0.25, 0.3) is 0 Å². The minimum Gasteiger partial charge on any atom is -0.623 e. The fourth-order valence-corrected chi connectivity index (χ4v) is 3.60. The zero-order valence-corrected chi connectivity index (χ0v) is 13.6. The highest BCUT2D eigenvalue weighted by Gasteiger charge is 2.29. The molecule has 1 aromatic heterocycles. The summed E-state index contributed by atoms with van der Waals surface area (Å²) < 4.78 is 3.02. The maximum absolute atomic E-state index is 13.0. The topological polar surface area (TPSA) is 67.7 Å². The van der Waals surface area contributed by atoms with Gasteiger partial charge in [-0.25, -0.2) is 4.98 Å². The number of hydrogen-bond acceptors (Lipinski definition) is 3. The molecule has 5 nitrogen and oxygen atoms in total. The number of aromatic nitrogens is 2. The lowest BCUT2D eigenvalue weighted by atomic mass is 9.91. The average molecular weight is 318 g/mol. The highest BCUT2D eigenvalue weighted by molar-refractivity contribution is 6.12. The van der Waals surface area contributed by atoms with Crippen LogP contribution >= 0.6 is 0 Å². The molecule has 0 bridgehead atoms. The summed E-state index contributed by atoms with van der Waals surface area (Å²) >= 11 is 0. The van der Waals surface area contributed by atoms with Crippen LogP contribution in [0.5, 0.6) is 0 Å². The predicted octanol–water partition coefficient (Wildman–Crippen LogP) is 3.37. The number of rotatable bonds is 1. The molecule has 0 saturated carbocycles. The standard InChI is InChI=1S/C19H18N4O/c1-13-11-22-17-8-7-14(10-20)9-16(17)19(15-5-3-2-4-6-15)23(24)12-18(22)21-13/h5,7-9,11H,2-4,6,12H2,1H3. The average Bonchev–Trinajstić information content (AvgIpc) is 2.91. The van der Waals surface area contributed by atoms with Crippen molar-refractivity contribution >= 4 is 5.71 Å². The van der Waals surface area contributed by atoms with E-state index in [1.807, 2.05) is 29.8 Å². The molecule has 1 aliphatic heterocycles. The molecule has 0 saturated heterocycles. The Morgan fingerprint density at radius 3 is 2.96 bits per heavy atom. The van der Waals surface area contributed by atoms with Gasteiger partial charge in [-0.05, 0) is 50.8 Å². The SMILES string of the molecule is Cc1cn2c(n1)C[N+]([O-])=C(C1=CCCCC1)c1cc(C#N)ccc1-2. The number of fused-ring (bicyclic) bond motifs is 3. The Kier molecular flexibility index (Phi) is 3.46. The molecule has 1 aromatic carbocycles. The Bertz CT molecular complexity index is 927. The molecular weight excluding hydrogens is 300 g/mol. The fourth-order valence-electron chi connectivity index (χ4n) is 3.60. The second-order valence-electron chi connectivity index (χ2n) is 6.37. The van der Waals surface area contributed by atoms with Crippen LogP contribution in [0.4, 0.5) is 0 Å². The fraction of sp³-hybridized carbons (Fsp3) is 0.316. The Morgan fingerprint density at radius 1 is 1.33 bits per heavy atom. The number of nitrogens with zero attached hydrogens (tertiary/aromatic N) is 4. The van der Waals surface area contributed by atoms with Crippen LogP contribution in [-0.4, -0.2) is 20.0 Å². The highest BCUT2D eigenvalue weighted by atomic mass is 16.5. The van der Waals surface area contributed by atoms with Gasteiger partial charge in [0.05, 0.1) is 28.6 Å². The summed E-state index contributed by atoms with van der Waals surface area (Å²) in [4.78, 5) is 4.51. The van der Waals surface area contributed by atoms with Crippen LogP contribution in [0, 0.1) is 23.5 Å². The van der Waals surface area contributed by atoms with Gasteiger partial charge in [0.2, 0.25) is 12.3 Å². The van der Waals surface area contributed by atoms with Crippen molar-refractivity contribution < 1.29 is 4.74 Å². The normalized spacial score (nSPS) is 16.8. The van der Waals surface area contributed by atoms with Gasteiger partial charge in [-0.15, -0.1) is 0 Å². The van der Waals surface area contributed by atoms with E-state index in [-0.39, 0.29) is 6.54 Å². The van der Waals surface area contributed by atoms with Gasteiger partial charge in [-0.3, -0.25) is 4.57 Å². The molecule has 0 unspecified atom stereocenters. The van der Waals surface area contributed by atoms with E-state index in [1.54, 1.807) is 6.07 Å². The van der Waals surface area contributed by atoms with Crippen molar-refractivity contribution in [2.45, 2.75) is 39.2 Å². The number of aryl methyl sites for hydroxylation is 1. The first-order chi connectivity index (χ1) is 11.7. The predicted molar refractivity (Wildman–Crippen MR) is 91.0 cm³/mol. The Morgan fingerprint density at radius 2 is 2.21 bits per heavy atom. The Hall–Kier alpha value is -2.87. The van der Waals surface area contributed by atoms with Crippen molar-refractivity contribution in [1.82, 2.24) is 9.55 Å². The molecule has 0 amide bonds. The summed E-state index contributed by atoms with van der Waals surface area (Å²) in [5.74, 6) is 0.736. The molecule has 24 heavy (non-hydrogen) atoms. The van der Waals surface area contributed by atoms with Crippen molar-refractivity contribution in [3.05, 3.63) is 63.9 Å². The summed E-state index contributed by atoms with van der Waals surface area (Å²) in [5.41, 5.74) is 4.99. The molecule has 5 heteroatoms. The van der Waals surface area contributed by atoms with Crippen LogP contribution in [0.3, 0.4) is 0 Å². The zero-order chi connectivity index (χ0) is 16.7. The largest absolute Gasteiger partial charge is 0.623 e. The summed E-state index contributed by atoms with van der Waals surface area (Å²) in [5, 5.41) is 22.2. The van der Waals surface area contributed by atoms with Gasteiger partial charge in [-0.1, -0.05) is 6.08 Å². The van der Waals surface area contributed by atoms with E-state index >= 15 is 0 Å². The molecular formula is C19H18N4O. The maximum atomic E-state index is 13.0. The Balaban J connectivity index is 2.00. The summed E-state index contributed by atoms with van der Waals surface area (Å²) in [6.45, 7) is 2.14. The molecule has 2 aromatic rings. The number of hydroxylamine groups is 1. The highest BCUT2D eigenvalue weighted by Crippen LogP contribution is 2.29. The van der Waals surface area contributed by atoms with Crippen molar-refractivity contribution in [2.75, 3.05) is 0 Å². The molecule has 1 aliphatic carbocycles. The minimum absolute atomic E-state index is 0.219. The van der Waals surface area contributed by atoms with Gasteiger partial charge in [-0.2, -0.15) is 10.0 Å². The lowest BCUT2D eigenvalue weighted by Crippen LogP contribution is -2.20. The van der Waals surface area contributed by atoms with E-state index < -0.39 is 0 Å². The number of hydrogen-bond donors (Lipinski definition) is 0. The van der Waals surface area contributed by atoms with E-state index in [1.165, 1.54) is 6.42 Å². The van der Waals surface area contributed by atoms with Gasteiger partial charge in [0, 0.05) is 11.8 Å². The maximum Gasteiger partial charge on any atom is 0.223 e. The Labute approximate surface area is 140 Å². The number of allylic oxidation sites excluding steroid dienone is 2. The molecule has 0 spiro atoms. The van der Waals surface area contributed by atoms with E-state index in [9.17, 15) is 10.5 Å². The molecule has 120 valence electrons. The second-order valence-corrected chi connectivity index (χ2v) is 6.37. The van der Waals surface area contributed by atoms with Crippen molar-refractivity contribution in [1.29, 1.82) is 5.26 Å². The quantitative estimate of drug-likeness (QED) is 0.598. The van der Waals surface area contributed by atoms with Crippen molar-refractivity contribution in [3.8, 4) is 11.8 Å². The lowest BCUT2D eigenvalue weighted by molar-refractivity contribution is -0.475. The monoisotopic (exact) mass is 318 g/mol. The van der Waals surface area contributed by atoms with Crippen LogP contribution in [0.1, 0.15) is 48.3 Å². The number of imidazole rings is 1.